The summed E-state index contributed by atoms with van der Waals surface area (Å²) in [7, 11) is 0. The minimum absolute atomic E-state index is 0. The fraction of sp³-hybridized carbons (Fsp3) is 0.913. The molecule has 0 aliphatic heterocycles. The second kappa shape index (κ2) is 24.0. The number of unbranched alkanes of at least 4 members (excludes halogenated alkanes) is 14. The highest BCUT2D eigenvalue weighted by atomic mass is 35.5. The van der Waals surface area contributed by atoms with E-state index in [1.807, 2.05) is 6.08 Å². The van der Waals surface area contributed by atoms with Crippen molar-refractivity contribution in [1.82, 2.24) is 5.32 Å². The first kappa shape index (κ1) is 27.2. The maximum Gasteiger partial charge on any atom is 0.0132 e. The molecule has 0 aromatic rings. The molecule has 2 heteroatoms. The first-order valence-electron chi connectivity index (χ1n) is 11.1. The highest BCUT2D eigenvalue weighted by molar-refractivity contribution is 5.85. The summed E-state index contributed by atoms with van der Waals surface area (Å²) < 4.78 is 0. The molecule has 0 bridgehead atoms. The van der Waals surface area contributed by atoms with Gasteiger partial charge in [0.2, 0.25) is 0 Å². The van der Waals surface area contributed by atoms with Crippen LogP contribution in [0.4, 0.5) is 0 Å². The third-order valence-electron chi connectivity index (χ3n) is 4.92. The van der Waals surface area contributed by atoms with E-state index in [9.17, 15) is 0 Å². The van der Waals surface area contributed by atoms with E-state index < -0.39 is 0 Å². The van der Waals surface area contributed by atoms with E-state index >= 15 is 0 Å². The molecule has 1 nitrogen and oxygen atoms in total. The van der Waals surface area contributed by atoms with Crippen LogP contribution in [0.1, 0.15) is 117 Å². The fourth-order valence-electron chi connectivity index (χ4n) is 3.30. The molecule has 0 heterocycles. The molecule has 25 heavy (non-hydrogen) atoms. The standard InChI is InChI=1S/C23H47N.ClH/c1-4-21-24-22-19-17-15-13-11-9-7-5-6-8-10-12-14-16-18-20-23(2)3;/h4,23-24H,1,5-22H2,2-3H3;1H. The van der Waals surface area contributed by atoms with Crippen molar-refractivity contribution < 1.29 is 0 Å². The first-order chi connectivity index (χ1) is 11.8. The molecule has 0 atom stereocenters. The molecule has 0 aliphatic rings. The molecular weight excluding hydrogens is 326 g/mol. The van der Waals surface area contributed by atoms with Gasteiger partial charge in [-0.15, -0.1) is 19.0 Å². The lowest BCUT2D eigenvalue weighted by molar-refractivity contribution is 0.501. The number of rotatable bonds is 20. The molecule has 0 aromatic carbocycles. The maximum absolute atomic E-state index is 3.72. The van der Waals surface area contributed by atoms with Gasteiger partial charge in [0, 0.05) is 6.54 Å². The number of hydrogen-bond donors (Lipinski definition) is 1. The van der Waals surface area contributed by atoms with Gasteiger partial charge in [-0.25, -0.2) is 0 Å². The average molecular weight is 374 g/mol. The first-order valence-corrected chi connectivity index (χ1v) is 11.1. The van der Waals surface area contributed by atoms with Crippen LogP contribution in [0.5, 0.6) is 0 Å². The Hall–Kier alpha value is -0.0100. The van der Waals surface area contributed by atoms with E-state index in [4.69, 9.17) is 0 Å². The van der Waals surface area contributed by atoms with E-state index in [-0.39, 0.29) is 12.4 Å². The van der Waals surface area contributed by atoms with Crippen LogP contribution in [0.2, 0.25) is 0 Å². The number of halogens is 1. The van der Waals surface area contributed by atoms with Crippen molar-refractivity contribution >= 4 is 12.4 Å². The zero-order valence-corrected chi connectivity index (χ0v) is 18.3. The highest BCUT2D eigenvalue weighted by Gasteiger charge is 1.96. The van der Waals surface area contributed by atoms with Crippen molar-refractivity contribution in [1.29, 1.82) is 0 Å². The summed E-state index contributed by atoms with van der Waals surface area (Å²) in [6.07, 6.45) is 25.1. The van der Waals surface area contributed by atoms with Crippen LogP contribution in [-0.2, 0) is 0 Å². The Bertz CT molecular complexity index is 240. The quantitative estimate of drug-likeness (QED) is 0.168. The van der Waals surface area contributed by atoms with Gasteiger partial charge in [-0.1, -0.05) is 116 Å². The Morgan fingerprint density at radius 1 is 0.640 bits per heavy atom. The molecule has 152 valence electrons. The minimum Gasteiger partial charge on any atom is -0.313 e. The molecule has 1 N–H and O–H groups in total. The van der Waals surface area contributed by atoms with E-state index in [0.717, 1.165) is 19.0 Å². The van der Waals surface area contributed by atoms with Crippen LogP contribution in [-0.4, -0.2) is 13.1 Å². The summed E-state index contributed by atoms with van der Waals surface area (Å²) in [6, 6.07) is 0. The van der Waals surface area contributed by atoms with Gasteiger partial charge in [0.05, 0.1) is 0 Å². The van der Waals surface area contributed by atoms with Crippen LogP contribution in [0, 0.1) is 5.92 Å². The molecule has 0 aliphatic carbocycles. The Kier molecular flexibility index (Phi) is 26.1. The molecule has 0 aromatic heterocycles. The number of hydrogen-bond acceptors (Lipinski definition) is 1. The second-order valence-electron chi connectivity index (χ2n) is 7.98. The molecule has 0 amide bonds. The molecule has 0 saturated heterocycles. The second-order valence-corrected chi connectivity index (χ2v) is 7.98. The molecule has 0 radical (unpaired) electrons. The van der Waals surface area contributed by atoms with E-state index in [2.05, 4.69) is 25.7 Å². The van der Waals surface area contributed by atoms with Gasteiger partial charge >= 0.3 is 0 Å². The lowest BCUT2D eigenvalue weighted by Crippen LogP contribution is -2.14. The lowest BCUT2D eigenvalue weighted by atomic mass is 10.0. The van der Waals surface area contributed by atoms with Crippen LogP contribution >= 0.6 is 12.4 Å². The zero-order valence-electron chi connectivity index (χ0n) is 17.5. The highest BCUT2D eigenvalue weighted by Crippen LogP contribution is 2.14. The third kappa shape index (κ3) is 26.3. The summed E-state index contributed by atoms with van der Waals surface area (Å²) in [5.74, 6) is 0.893. The van der Waals surface area contributed by atoms with Gasteiger partial charge in [0.15, 0.2) is 0 Å². The van der Waals surface area contributed by atoms with Gasteiger partial charge < -0.3 is 5.32 Å². The minimum atomic E-state index is 0. The van der Waals surface area contributed by atoms with E-state index in [1.54, 1.807) is 0 Å². The van der Waals surface area contributed by atoms with Gasteiger partial charge in [-0.2, -0.15) is 0 Å². The van der Waals surface area contributed by atoms with Gasteiger partial charge in [0.1, 0.15) is 0 Å². The summed E-state index contributed by atoms with van der Waals surface area (Å²) in [4.78, 5) is 0. The fourth-order valence-corrected chi connectivity index (χ4v) is 3.30. The van der Waals surface area contributed by atoms with Crippen molar-refractivity contribution in [3.63, 3.8) is 0 Å². The average Bonchev–Trinajstić information content (AvgIpc) is 2.56. The molecule has 0 fully saturated rings. The smallest absolute Gasteiger partial charge is 0.0132 e. The van der Waals surface area contributed by atoms with Gasteiger partial charge in [-0.3, -0.25) is 0 Å². The SMILES string of the molecule is C=CCNCCCCCCCCCCCCCCCCCC(C)C.Cl. The van der Waals surface area contributed by atoms with Gasteiger partial charge in [-0.05, 0) is 18.9 Å². The van der Waals surface area contributed by atoms with Crippen LogP contribution in [0.3, 0.4) is 0 Å². The molecule has 0 spiro atoms. The van der Waals surface area contributed by atoms with Crippen molar-refractivity contribution in [2.45, 2.75) is 117 Å². The van der Waals surface area contributed by atoms with Crippen molar-refractivity contribution in [2.24, 2.45) is 5.92 Å². The topological polar surface area (TPSA) is 12.0 Å². The molecule has 0 saturated carbocycles. The van der Waals surface area contributed by atoms with Crippen LogP contribution < -0.4 is 5.32 Å². The predicted octanol–water partition coefficient (Wildman–Crippen LogP) is 8.08. The zero-order chi connectivity index (χ0) is 17.7. The Morgan fingerprint density at radius 3 is 1.36 bits per heavy atom. The van der Waals surface area contributed by atoms with Gasteiger partial charge in [0.25, 0.3) is 0 Å². The lowest BCUT2D eigenvalue weighted by Gasteiger charge is -2.05. The predicted molar refractivity (Wildman–Crippen MR) is 119 cm³/mol. The van der Waals surface area contributed by atoms with Crippen molar-refractivity contribution in [2.75, 3.05) is 13.1 Å². The summed E-state index contributed by atoms with van der Waals surface area (Å²) >= 11 is 0. The molecular formula is C23H48ClN. The molecule has 0 rings (SSSR count). The van der Waals surface area contributed by atoms with E-state index in [0.29, 0.717) is 0 Å². The number of nitrogens with one attached hydrogen (secondary N) is 1. The van der Waals surface area contributed by atoms with Crippen molar-refractivity contribution in [3.05, 3.63) is 12.7 Å². The van der Waals surface area contributed by atoms with Crippen LogP contribution in [0.25, 0.3) is 0 Å². The van der Waals surface area contributed by atoms with Crippen molar-refractivity contribution in [3.8, 4) is 0 Å². The largest absolute Gasteiger partial charge is 0.313 e. The summed E-state index contributed by atoms with van der Waals surface area (Å²) in [5.41, 5.74) is 0. The third-order valence-corrected chi connectivity index (χ3v) is 4.92. The Balaban J connectivity index is 0. The Morgan fingerprint density at radius 2 is 1.00 bits per heavy atom. The molecule has 0 unspecified atom stereocenters. The van der Waals surface area contributed by atoms with E-state index in [1.165, 1.54) is 103 Å². The normalized spacial score (nSPS) is 10.8. The maximum atomic E-state index is 3.72. The summed E-state index contributed by atoms with van der Waals surface area (Å²) in [6.45, 7) is 10.5. The Labute approximate surface area is 166 Å². The summed E-state index contributed by atoms with van der Waals surface area (Å²) in [5, 5.41) is 3.37. The monoisotopic (exact) mass is 373 g/mol. The van der Waals surface area contributed by atoms with Crippen LogP contribution in [0.15, 0.2) is 12.7 Å².